The fourth-order valence-corrected chi connectivity index (χ4v) is 1.93. The number of rotatable bonds is 4. The van der Waals surface area contributed by atoms with E-state index in [0.717, 1.165) is 5.92 Å². The molecule has 3 nitrogen and oxygen atoms in total. The van der Waals surface area contributed by atoms with E-state index in [1.54, 1.807) is 0 Å². The van der Waals surface area contributed by atoms with Crippen LogP contribution < -0.4 is 5.32 Å². The van der Waals surface area contributed by atoms with E-state index in [0.29, 0.717) is 12.6 Å². The zero-order valence-electron chi connectivity index (χ0n) is 8.40. The van der Waals surface area contributed by atoms with Gasteiger partial charge in [-0.2, -0.15) is 5.26 Å². The maximum Gasteiger partial charge on any atom is 0.109 e. The van der Waals surface area contributed by atoms with Crippen molar-refractivity contribution in [2.75, 3.05) is 7.05 Å². The van der Waals surface area contributed by atoms with Gasteiger partial charge in [0.1, 0.15) is 6.54 Å². The Hall–Kier alpha value is -1.27. The third-order valence-corrected chi connectivity index (χ3v) is 2.79. The average molecular weight is 189 g/mol. The van der Waals surface area contributed by atoms with Crippen LogP contribution >= 0.6 is 0 Å². The van der Waals surface area contributed by atoms with Gasteiger partial charge in [0.15, 0.2) is 0 Å². The Morgan fingerprint density at radius 3 is 3.07 bits per heavy atom. The van der Waals surface area contributed by atoms with Crippen LogP contribution in [0.1, 0.15) is 24.4 Å². The Morgan fingerprint density at radius 1 is 1.71 bits per heavy atom. The summed E-state index contributed by atoms with van der Waals surface area (Å²) in [7, 11) is 2.00. The SMILES string of the molecule is CNC(c1ccn(CC#N)c1)C1CC1. The molecule has 1 fully saturated rings. The fourth-order valence-electron chi connectivity index (χ4n) is 1.93. The van der Waals surface area contributed by atoms with Crippen LogP contribution in [0.15, 0.2) is 18.5 Å². The van der Waals surface area contributed by atoms with Crippen LogP contribution in [-0.2, 0) is 6.54 Å². The van der Waals surface area contributed by atoms with E-state index in [4.69, 9.17) is 5.26 Å². The molecule has 0 radical (unpaired) electrons. The Labute approximate surface area is 84.3 Å². The molecule has 1 N–H and O–H groups in total. The van der Waals surface area contributed by atoms with Crippen LogP contribution in [0.2, 0.25) is 0 Å². The Balaban J connectivity index is 2.10. The number of hydrogen-bond acceptors (Lipinski definition) is 2. The molecule has 1 aromatic heterocycles. The van der Waals surface area contributed by atoms with E-state index in [9.17, 15) is 0 Å². The van der Waals surface area contributed by atoms with Crippen molar-refractivity contribution >= 4 is 0 Å². The molecule has 2 rings (SSSR count). The van der Waals surface area contributed by atoms with E-state index in [2.05, 4.69) is 23.6 Å². The molecule has 1 saturated carbocycles. The summed E-state index contributed by atoms with van der Waals surface area (Å²) in [6.45, 7) is 0.446. The van der Waals surface area contributed by atoms with Crippen molar-refractivity contribution in [2.45, 2.75) is 25.4 Å². The third-order valence-electron chi connectivity index (χ3n) is 2.79. The van der Waals surface area contributed by atoms with Gasteiger partial charge in [-0.1, -0.05) is 0 Å². The molecular weight excluding hydrogens is 174 g/mol. The third kappa shape index (κ3) is 1.80. The predicted octanol–water partition coefficient (Wildman–Crippen LogP) is 1.68. The van der Waals surface area contributed by atoms with Gasteiger partial charge >= 0.3 is 0 Å². The molecule has 3 heteroatoms. The summed E-state index contributed by atoms with van der Waals surface area (Å²) in [5.74, 6) is 0.804. The molecule has 14 heavy (non-hydrogen) atoms. The second-order valence-corrected chi connectivity index (χ2v) is 3.88. The van der Waals surface area contributed by atoms with E-state index in [1.165, 1.54) is 18.4 Å². The van der Waals surface area contributed by atoms with Crippen molar-refractivity contribution in [1.29, 1.82) is 5.26 Å². The van der Waals surface area contributed by atoms with Gasteiger partial charge in [-0.3, -0.25) is 0 Å². The molecule has 0 saturated heterocycles. The summed E-state index contributed by atoms with van der Waals surface area (Å²) in [5, 5.41) is 11.9. The van der Waals surface area contributed by atoms with Crippen LogP contribution in [0.5, 0.6) is 0 Å². The summed E-state index contributed by atoms with van der Waals surface area (Å²) < 4.78 is 1.93. The van der Waals surface area contributed by atoms with E-state index >= 15 is 0 Å². The summed E-state index contributed by atoms with van der Waals surface area (Å²) in [4.78, 5) is 0. The first-order valence-electron chi connectivity index (χ1n) is 5.05. The van der Waals surface area contributed by atoms with Gasteiger partial charge < -0.3 is 9.88 Å². The lowest BCUT2D eigenvalue weighted by molar-refractivity contribution is 0.528. The molecule has 1 atom stereocenters. The predicted molar refractivity (Wildman–Crippen MR) is 54.6 cm³/mol. The van der Waals surface area contributed by atoms with Crippen molar-refractivity contribution in [2.24, 2.45) is 5.92 Å². The molecular formula is C11H15N3. The maximum absolute atomic E-state index is 8.56. The standard InChI is InChI=1S/C11H15N3/c1-13-11(9-2-3-9)10-4-6-14(8-10)7-5-12/h4,6,8-9,11,13H,2-3,7H2,1H3. The molecule has 0 aliphatic heterocycles. The minimum Gasteiger partial charge on any atom is -0.340 e. The van der Waals surface area contributed by atoms with Crippen LogP contribution in [0.25, 0.3) is 0 Å². The van der Waals surface area contributed by atoms with Gasteiger partial charge in [-0.15, -0.1) is 0 Å². The van der Waals surface area contributed by atoms with Gasteiger partial charge in [-0.25, -0.2) is 0 Å². The molecule has 1 unspecified atom stereocenters. The quantitative estimate of drug-likeness (QED) is 0.783. The van der Waals surface area contributed by atoms with Crippen molar-refractivity contribution in [1.82, 2.24) is 9.88 Å². The monoisotopic (exact) mass is 189 g/mol. The molecule has 1 heterocycles. The molecule has 0 bridgehead atoms. The van der Waals surface area contributed by atoms with Crippen molar-refractivity contribution in [3.8, 4) is 6.07 Å². The van der Waals surface area contributed by atoms with Gasteiger partial charge in [0.25, 0.3) is 0 Å². The molecule has 0 amide bonds. The number of aromatic nitrogens is 1. The summed E-state index contributed by atoms with van der Waals surface area (Å²) in [6.07, 6.45) is 6.71. The van der Waals surface area contributed by atoms with E-state index < -0.39 is 0 Å². The highest BCUT2D eigenvalue weighted by molar-refractivity contribution is 5.18. The van der Waals surface area contributed by atoms with E-state index in [1.807, 2.05) is 17.8 Å². The maximum atomic E-state index is 8.56. The fraction of sp³-hybridized carbons (Fsp3) is 0.545. The van der Waals surface area contributed by atoms with Gasteiger partial charge in [0, 0.05) is 18.4 Å². The Morgan fingerprint density at radius 2 is 2.50 bits per heavy atom. The zero-order chi connectivity index (χ0) is 9.97. The average Bonchev–Trinajstić information content (AvgIpc) is 2.90. The lowest BCUT2D eigenvalue weighted by Crippen LogP contribution is -2.17. The van der Waals surface area contributed by atoms with Crippen LogP contribution in [-0.4, -0.2) is 11.6 Å². The van der Waals surface area contributed by atoms with Crippen LogP contribution in [0.3, 0.4) is 0 Å². The van der Waals surface area contributed by atoms with Crippen molar-refractivity contribution < 1.29 is 0 Å². The first-order chi connectivity index (χ1) is 6.85. The Bertz CT molecular complexity index is 344. The number of nitrogens with zero attached hydrogens (tertiary/aromatic N) is 2. The van der Waals surface area contributed by atoms with Crippen molar-refractivity contribution in [3.63, 3.8) is 0 Å². The lowest BCUT2D eigenvalue weighted by Gasteiger charge is -2.13. The summed E-state index contributed by atoms with van der Waals surface area (Å²) in [6, 6.07) is 4.73. The highest BCUT2D eigenvalue weighted by atomic mass is 15.0. The van der Waals surface area contributed by atoms with Gasteiger partial charge in [-0.05, 0) is 37.4 Å². The molecule has 74 valence electrons. The minimum absolute atomic E-state index is 0.446. The highest BCUT2D eigenvalue weighted by Crippen LogP contribution is 2.40. The topological polar surface area (TPSA) is 40.8 Å². The molecule has 1 aliphatic rings. The zero-order valence-corrected chi connectivity index (χ0v) is 8.40. The molecule has 1 aromatic rings. The van der Waals surface area contributed by atoms with Gasteiger partial charge in [0.2, 0.25) is 0 Å². The van der Waals surface area contributed by atoms with Gasteiger partial charge in [0.05, 0.1) is 6.07 Å². The van der Waals surface area contributed by atoms with E-state index in [-0.39, 0.29) is 0 Å². The summed E-state index contributed by atoms with van der Waals surface area (Å²) >= 11 is 0. The molecule has 0 spiro atoms. The largest absolute Gasteiger partial charge is 0.340 e. The lowest BCUT2D eigenvalue weighted by atomic mass is 10.1. The minimum atomic E-state index is 0.446. The molecule has 0 aromatic carbocycles. The summed E-state index contributed by atoms with van der Waals surface area (Å²) in [5.41, 5.74) is 1.31. The smallest absolute Gasteiger partial charge is 0.109 e. The first-order valence-corrected chi connectivity index (χ1v) is 5.05. The second-order valence-electron chi connectivity index (χ2n) is 3.88. The second kappa shape index (κ2) is 3.85. The van der Waals surface area contributed by atoms with Crippen LogP contribution in [0, 0.1) is 17.2 Å². The number of nitrogens with one attached hydrogen (secondary N) is 1. The molecule has 1 aliphatic carbocycles. The first kappa shape index (κ1) is 9.29. The number of hydrogen-bond donors (Lipinski definition) is 1. The highest BCUT2D eigenvalue weighted by Gasteiger charge is 2.31. The van der Waals surface area contributed by atoms with Crippen molar-refractivity contribution in [3.05, 3.63) is 24.0 Å². The number of nitriles is 1. The Kier molecular flexibility index (Phi) is 2.55. The van der Waals surface area contributed by atoms with Crippen LogP contribution in [0.4, 0.5) is 0 Å². The normalized spacial score (nSPS) is 17.7.